The topological polar surface area (TPSA) is 51.8 Å². The van der Waals surface area contributed by atoms with Gasteiger partial charge in [0.1, 0.15) is 0 Å². The van der Waals surface area contributed by atoms with Gasteiger partial charge in [-0.25, -0.2) is 9.97 Å². The lowest BCUT2D eigenvalue weighted by Gasteiger charge is -2.09. The molecule has 0 aliphatic carbocycles. The molecule has 0 bridgehead atoms. The summed E-state index contributed by atoms with van der Waals surface area (Å²) in [6.07, 6.45) is 3.64. The van der Waals surface area contributed by atoms with Gasteiger partial charge < -0.3 is 5.73 Å². The Morgan fingerprint density at radius 1 is 1.28 bits per heavy atom. The van der Waals surface area contributed by atoms with Crippen LogP contribution in [-0.2, 0) is 0 Å². The summed E-state index contributed by atoms with van der Waals surface area (Å²) in [5.74, 6) is 0. The molecule has 0 saturated carbocycles. The Hall–Kier alpha value is -0.910. The van der Waals surface area contributed by atoms with Gasteiger partial charge in [0.05, 0.1) is 0 Å². The maximum atomic E-state index is 5.85. The second kappa shape index (κ2) is 5.82. The van der Waals surface area contributed by atoms with Crippen molar-refractivity contribution in [2.45, 2.75) is 29.9 Å². The van der Waals surface area contributed by atoms with E-state index in [4.69, 9.17) is 5.73 Å². The van der Waals surface area contributed by atoms with Crippen LogP contribution in [0.15, 0.2) is 45.1 Å². The fraction of sp³-hybridized carbons (Fsp3) is 0.231. The number of hydrogen-bond acceptors (Lipinski definition) is 4. The van der Waals surface area contributed by atoms with Crippen LogP contribution in [-0.4, -0.2) is 9.97 Å². The Morgan fingerprint density at radius 2 is 1.94 bits per heavy atom. The largest absolute Gasteiger partial charge is 0.324 e. The fourth-order valence-electron chi connectivity index (χ4n) is 1.41. The molecule has 0 aliphatic rings. The molecule has 0 fully saturated rings. The van der Waals surface area contributed by atoms with Gasteiger partial charge in [-0.3, -0.25) is 0 Å². The molecule has 1 aromatic heterocycles. The smallest absolute Gasteiger partial charge is 0.192 e. The first-order valence-electron chi connectivity index (χ1n) is 5.58. The van der Waals surface area contributed by atoms with Gasteiger partial charge in [-0.1, -0.05) is 6.07 Å². The van der Waals surface area contributed by atoms with E-state index in [1.807, 2.05) is 44.4 Å². The van der Waals surface area contributed by atoms with Crippen molar-refractivity contribution in [2.75, 3.05) is 0 Å². The first kappa shape index (κ1) is 13.5. The molecule has 5 heteroatoms. The summed E-state index contributed by atoms with van der Waals surface area (Å²) in [5, 5.41) is 0.745. The van der Waals surface area contributed by atoms with E-state index in [0.29, 0.717) is 0 Å². The van der Waals surface area contributed by atoms with E-state index in [1.54, 1.807) is 0 Å². The molecular formula is C13H14BrN3S. The Labute approximate surface area is 119 Å². The third-order valence-corrected chi connectivity index (χ3v) is 4.33. The number of nitrogens with zero attached hydrogens (tertiary/aromatic N) is 2. The second-order valence-corrected chi connectivity index (χ2v) is 5.99. The van der Waals surface area contributed by atoms with E-state index in [9.17, 15) is 0 Å². The number of rotatable bonds is 3. The molecule has 0 spiro atoms. The molecule has 2 rings (SSSR count). The normalized spacial score (nSPS) is 12.4. The zero-order chi connectivity index (χ0) is 13.1. The summed E-state index contributed by atoms with van der Waals surface area (Å²) < 4.78 is 1.02. The lowest BCUT2D eigenvalue weighted by Crippen LogP contribution is -2.04. The van der Waals surface area contributed by atoms with Gasteiger partial charge in [0.15, 0.2) is 5.16 Å². The third-order valence-electron chi connectivity index (χ3n) is 2.44. The van der Waals surface area contributed by atoms with Crippen LogP contribution in [0.4, 0.5) is 0 Å². The van der Waals surface area contributed by atoms with Crippen LogP contribution >= 0.6 is 27.7 Å². The maximum absolute atomic E-state index is 5.85. The van der Waals surface area contributed by atoms with E-state index < -0.39 is 0 Å². The summed E-state index contributed by atoms with van der Waals surface area (Å²) in [4.78, 5) is 9.64. The van der Waals surface area contributed by atoms with Gasteiger partial charge in [-0.15, -0.1) is 0 Å². The predicted octanol–water partition coefficient (Wildman–Crippen LogP) is 3.72. The summed E-state index contributed by atoms with van der Waals surface area (Å²) in [5.41, 5.74) is 8.02. The van der Waals surface area contributed by atoms with Crippen LogP contribution in [0.3, 0.4) is 0 Å². The van der Waals surface area contributed by atoms with Crippen LogP contribution in [0.25, 0.3) is 0 Å². The molecule has 0 amide bonds. The van der Waals surface area contributed by atoms with Crippen molar-refractivity contribution in [3.63, 3.8) is 0 Å². The number of benzene rings is 1. The lowest BCUT2D eigenvalue weighted by molar-refractivity contribution is 0.815. The Morgan fingerprint density at radius 3 is 2.50 bits per heavy atom. The lowest BCUT2D eigenvalue weighted by atomic mass is 10.1. The van der Waals surface area contributed by atoms with Gasteiger partial charge in [0.2, 0.25) is 0 Å². The first-order valence-corrected chi connectivity index (χ1v) is 7.19. The van der Waals surface area contributed by atoms with Crippen LogP contribution < -0.4 is 5.73 Å². The molecule has 1 heterocycles. The molecule has 0 saturated heterocycles. The van der Waals surface area contributed by atoms with Crippen molar-refractivity contribution in [2.24, 2.45) is 5.73 Å². The molecule has 2 aromatic rings. The van der Waals surface area contributed by atoms with Crippen LogP contribution in [0.1, 0.15) is 24.1 Å². The Bertz CT molecular complexity index is 540. The highest BCUT2D eigenvalue weighted by Gasteiger charge is 2.07. The monoisotopic (exact) mass is 323 g/mol. The Balaban J connectivity index is 2.22. The highest BCUT2D eigenvalue weighted by atomic mass is 79.9. The first-order chi connectivity index (χ1) is 8.56. The van der Waals surface area contributed by atoms with Crippen molar-refractivity contribution in [1.82, 2.24) is 9.97 Å². The summed E-state index contributed by atoms with van der Waals surface area (Å²) in [7, 11) is 0. The van der Waals surface area contributed by atoms with Crippen LogP contribution in [0.2, 0.25) is 0 Å². The van der Waals surface area contributed by atoms with Gasteiger partial charge >= 0.3 is 0 Å². The minimum Gasteiger partial charge on any atom is -0.324 e. The van der Waals surface area contributed by atoms with Gasteiger partial charge in [-0.05, 0) is 64.8 Å². The quantitative estimate of drug-likeness (QED) is 0.874. The molecule has 2 N–H and O–H groups in total. The van der Waals surface area contributed by atoms with Crippen molar-refractivity contribution < 1.29 is 0 Å². The second-order valence-electron chi connectivity index (χ2n) is 4.12. The number of halogens is 1. The number of hydrogen-bond donors (Lipinski definition) is 1. The molecule has 3 nitrogen and oxygen atoms in total. The minimum atomic E-state index is 0.0379. The van der Waals surface area contributed by atoms with E-state index in [2.05, 4.69) is 25.9 Å². The molecular weight excluding hydrogens is 310 g/mol. The molecule has 94 valence electrons. The standard InChI is InChI=1S/C13H14BrN3S/c1-8-6-16-13(17-7-8)18-12-4-3-10(9(2)15)5-11(12)14/h3-7,9H,15H2,1-2H3/t9-/m1/s1. The maximum Gasteiger partial charge on any atom is 0.192 e. The SMILES string of the molecule is Cc1cnc(Sc2ccc([C@@H](C)N)cc2Br)nc1. The third kappa shape index (κ3) is 3.31. The van der Waals surface area contributed by atoms with Gasteiger partial charge in [0, 0.05) is 27.8 Å². The van der Waals surface area contributed by atoms with Crippen molar-refractivity contribution in [3.05, 3.63) is 46.2 Å². The van der Waals surface area contributed by atoms with E-state index >= 15 is 0 Å². The average Bonchev–Trinajstić information content (AvgIpc) is 2.34. The van der Waals surface area contributed by atoms with E-state index in [1.165, 1.54) is 11.8 Å². The van der Waals surface area contributed by atoms with Crippen molar-refractivity contribution in [1.29, 1.82) is 0 Å². The highest BCUT2D eigenvalue weighted by Crippen LogP contribution is 2.32. The average molecular weight is 324 g/mol. The number of aryl methyl sites for hydroxylation is 1. The molecule has 0 aliphatic heterocycles. The van der Waals surface area contributed by atoms with E-state index in [-0.39, 0.29) is 6.04 Å². The van der Waals surface area contributed by atoms with Crippen molar-refractivity contribution >= 4 is 27.7 Å². The molecule has 18 heavy (non-hydrogen) atoms. The van der Waals surface area contributed by atoms with Gasteiger partial charge in [-0.2, -0.15) is 0 Å². The highest BCUT2D eigenvalue weighted by molar-refractivity contribution is 9.10. The molecule has 1 aromatic carbocycles. The zero-order valence-corrected chi connectivity index (χ0v) is 12.6. The number of aromatic nitrogens is 2. The van der Waals surface area contributed by atoms with Gasteiger partial charge in [0.25, 0.3) is 0 Å². The molecule has 0 radical (unpaired) electrons. The molecule has 0 unspecified atom stereocenters. The predicted molar refractivity (Wildman–Crippen MR) is 77.6 cm³/mol. The summed E-state index contributed by atoms with van der Waals surface area (Å²) in [6, 6.07) is 6.15. The zero-order valence-electron chi connectivity index (χ0n) is 10.2. The van der Waals surface area contributed by atoms with E-state index in [0.717, 1.165) is 25.7 Å². The van der Waals surface area contributed by atoms with Crippen LogP contribution in [0, 0.1) is 6.92 Å². The Kier molecular flexibility index (Phi) is 4.37. The summed E-state index contributed by atoms with van der Waals surface area (Å²) >= 11 is 5.09. The summed E-state index contributed by atoms with van der Waals surface area (Å²) in [6.45, 7) is 3.94. The van der Waals surface area contributed by atoms with Crippen LogP contribution in [0.5, 0.6) is 0 Å². The fourth-order valence-corrected chi connectivity index (χ4v) is 2.75. The number of nitrogens with two attached hydrogens (primary N) is 1. The minimum absolute atomic E-state index is 0.0379. The molecule has 1 atom stereocenters. The van der Waals surface area contributed by atoms with Crippen molar-refractivity contribution in [3.8, 4) is 0 Å².